The molecule has 0 fully saturated rings. The fourth-order valence-electron chi connectivity index (χ4n) is 2.46. The molecule has 0 aliphatic rings. The summed E-state index contributed by atoms with van der Waals surface area (Å²) in [5, 5.41) is 1.18. The summed E-state index contributed by atoms with van der Waals surface area (Å²) in [5.41, 5.74) is 11.6. The lowest BCUT2D eigenvalue weighted by Gasteiger charge is -2.06. The van der Waals surface area contributed by atoms with Crippen molar-refractivity contribution in [3.63, 3.8) is 0 Å². The van der Waals surface area contributed by atoms with Gasteiger partial charge in [-0.2, -0.15) is 0 Å². The molecule has 19 heavy (non-hydrogen) atoms. The maximum atomic E-state index is 5.60. The normalized spacial score (nSPS) is 11.1. The fourth-order valence-corrected chi connectivity index (χ4v) is 2.46. The molecule has 0 bridgehead atoms. The molecule has 0 saturated carbocycles. The minimum absolute atomic E-state index is 0.418. The standard InChI is InChI=1S/C15H16N4/c1-9-14(12-5-3-4-6-13(12)19-9)15-10(2)18-11(7-16)8-17-15/h3-6,8,19H,7,16H2,1-2H3. The molecule has 0 radical (unpaired) electrons. The molecule has 0 aliphatic heterocycles. The Morgan fingerprint density at radius 1 is 1.21 bits per heavy atom. The number of hydrogen-bond acceptors (Lipinski definition) is 3. The molecule has 0 saturated heterocycles. The Hall–Kier alpha value is -2.20. The fraction of sp³-hybridized carbons (Fsp3) is 0.200. The number of H-pyrrole nitrogens is 1. The van der Waals surface area contributed by atoms with Gasteiger partial charge >= 0.3 is 0 Å². The third-order valence-electron chi connectivity index (χ3n) is 3.34. The minimum atomic E-state index is 0.418. The highest BCUT2D eigenvalue weighted by Crippen LogP contribution is 2.31. The molecule has 4 heteroatoms. The molecule has 2 aromatic heterocycles. The Bertz CT molecular complexity index is 743. The molecule has 0 atom stereocenters. The molecule has 0 amide bonds. The van der Waals surface area contributed by atoms with Crippen LogP contribution in [0.4, 0.5) is 0 Å². The van der Waals surface area contributed by atoms with Crippen LogP contribution in [0.3, 0.4) is 0 Å². The molecule has 0 unspecified atom stereocenters. The average Bonchev–Trinajstić information content (AvgIpc) is 2.75. The molecule has 2 heterocycles. The van der Waals surface area contributed by atoms with Gasteiger partial charge in [0.1, 0.15) is 0 Å². The Morgan fingerprint density at radius 3 is 2.74 bits per heavy atom. The molecule has 96 valence electrons. The Balaban J connectivity index is 2.27. The lowest BCUT2D eigenvalue weighted by molar-refractivity contribution is 0.942. The monoisotopic (exact) mass is 252 g/mol. The lowest BCUT2D eigenvalue weighted by atomic mass is 10.1. The molecule has 3 rings (SSSR count). The lowest BCUT2D eigenvalue weighted by Crippen LogP contribution is -2.03. The van der Waals surface area contributed by atoms with Crippen LogP contribution in [0.5, 0.6) is 0 Å². The summed E-state index contributed by atoms with van der Waals surface area (Å²) in [6.45, 7) is 4.46. The van der Waals surface area contributed by atoms with Crippen LogP contribution in [0.25, 0.3) is 22.2 Å². The average molecular weight is 252 g/mol. The van der Waals surface area contributed by atoms with Gasteiger partial charge in [0.25, 0.3) is 0 Å². The van der Waals surface area contributed by atoms with Crippen LogP contribution in [0.15, 0.2) is 30.5 Å². The molecule has 1 aromatic carbocycles. The zero-order valence-corrected chi connectivity index (χ0v) is 11.1. The van der Waals surface area contributed by atoms with Gasteiger partial charge in [-0.1, -0.05) is 18.2 Å². The van der Waals surface area contributed by atoms with Gasteiger partial charge in [0, 0.05) is 28.7 Å². The first-order valence-corrected chi connectivity index (χ1v) is 6.31. The van der Waals surface area contributed by atoms with Gasteiger partial charge in [0.2, 0.25) is 0 Å². The Morgan fingerprint density at radius 2 is 2.00 bits per heavy atom. The van der Waals surface area contributed by atoms with E-state index in [0.717, 1.165) is 33.9 Å². The highest BCUT2D eigenvalue weighted by Gasteiger charge is 2.14. The summed E-state index contributed by atoms with van der Waals surface area (Å²) in [6.07, 6.45) is 1.75. The number of nitrogens with one attached hydrogen (secondary N) is 1. The molecular formula is C15H16N4. The van der Waals surface area contributed by atoms with E-state index in [9.17, 15) is 0 Å². The minimum Gasteiger partial charge on any atom is -0.358 e. The summed E-state index contributed by atoms with van der Waals surface area (Å²) in [4.78, 5) is 12.4. The summed E-state index contributed by atoms with van der Waals surface area (Å²) >= 11 is 0. The van der Waals surface area contributed by atoms with Gasteiger partial charge in [0.15, 0.2) is 0 Å². The molecular weight excluding hydrogens is 236 g/mol. The Labute approximate surface area is 111 Å². The van der Waals surface area contributed by atoms with E-state index in [-0.39, 0.29) is 0 Å². The number of hydrogen-bond donors (Lipinski definition) is 2. The number of nitrogens with two attached hydrogens (primary N) is 1. The molecule has 0 spiro atoms. The van der Waals surface area contributed by atoms with Gasteiger partial charge in [-0.05, 0) is 19.9 Å². The first kappa shape index (κ1) is 11.9. The zero-order chi connectivity index (χ0) is 13.4. The SMILES string of the molecule is Cc1nc(CN)cnc1-c1c(C)[nH]c2ccccc12. The maximum absolute atomic E-state index is 5.60. The van der Waals surface area contributed by atoms with E-state index in [4.69, 9.17) is 5.73 Å². The number of benzene rings is 1. The highest BCUT2D eigenvalue weighted by molar-refractivity contribution is 5.96. The van der Waals surface area contributed by atoms with E-state index in [1.807, 2.05) is 19.1 Å². The van der Waals surface area contributed by atoms with Crippen molar-refractivity contribution < 1.29 is 0 Å². The first-order valence-electron chi connectivity index (χ1n) is 6.31. The molecule has 3 aromatic rings. The maximum Gasteiger partial charge on any atom is 0.0938 e. The molecule has 0 aliphatic carbocycles. The first-order chi connectivity index (χ1) is 9.20. The van der Waals surface area contributed by atoms with Crippen molar-refractivity contribution in [3.8, 4) is 11.3 Å². The van der Waals surface area contributed by atoms with Crippen molar-refractivity contribution >= 4 is 10.9 Å². The predicted octanol–water partition coefficient (Wildman–Crippen LogP) is 2.70. The number of aromatic nitrogens is 3. The number of rotatable bonds is 2. The van der Waals surface area contributed by atoms with E-state index in [1.165, 1.54) is 5.39 Å². The number of fused-ring (bicyclic) bond motifs is 1. The van der Waals surface area contributed by atoms with Crippen LogP contribution >= 0.6 is 0 Å². The number of nitrogens with zero attached hydrogens (tertiary/aromatic N) is 2. The number of para-hydroxylation sites is 1. The van der Waals surface area contributed by atoms with Crippen molar-refractivity contribution in [2.24, 2.45) is 5.73 Å². The van der Waals surface area contributed by atoms with Crippen LogP contribution in [0, 0.1) is 13.8 Å². The van der Waals surface area contributed by atoms with Gasteiger partial charge in [0.05, 0.1) is 23.3 Å². The van der Waals surface area contributed by atoms with Crippen molar-refractivity contribution in [2.75, 3.05) is 0 Å². The number of aromatic amines is 1. The van der Waals surface area contributed by atoms with Gasteiger partial charge in [-0.3, -0.25) is 9.97 Å². The van der Waals surface area contributed by atoms with E-state index < -0.39 is 0 Å². The van der Waals surface area contributed by atoms with Crippen LogP contribution in [0.1, 0.15) is 17.1 Å². The van der Waals surface area contributed by atoms with Gasteiger partial charge in [-0.25, -0.2) is 0 Å². The quantitative estimate of drug-likeness (QED) is 0.736. The van der Waals surface area contributed by atoms with Crippen LogP contribution < -0.4 is 5.73 Å². The third-order valence-corrected chi connectivity index (χ3v) is 3.34. The molecule has 3 N–H and O–H groups in total. The molecule has 4 nitrogen and oxygen atoms in total. The van der Waals surface area contributed by atoms with E-state index in [0.29, 0.717) is 6.54 Å². The topological polar surface area (TPSA) is 67.6 Å². The Kier molecular flexibility index (Phi) is 2.80. The van der Waals surface area contributed by atoms with Crippen molar-refractivity contribution in [1.82, 2.24) is 15.0 Å². The second-order valence-electron chi connectivity index (χ2n) is 4.67. The van der Waals surface area contributed by atoms with E-state index in [1.54, 1.807) is 6.20 Å². The van der Waals surface area contributed by atoms with Crippen LogP contribution in [-0.2, 0) is 6.54 Å². The van der Waals surface area contributed by atoms with E-state index in [2.05, 4.69) is 34.0 Å². The largest absolute Gasteiger partial charge is 0.358 e. The van der Waals surface area contributed by atoms with Gasteiger partial charge < -0.3 is 10.7 Å². The summed E-state index contributed by atoms with van der Waals surface area (Å²) in [6, 6.07) is 8.24. The second-order valence-corrected chi connectivity index (χ2v) is 4.67. The second kappa shape index (κ2) is 4.48. The predicted molar refractivity (Wildman–Crippen MR) is 76.7 cm³/mol. The van der Waals surface area contributed by atoms with Crippen molar-refractivity contribution in [1.29, 1.82) is 0 Å². The third kappa shape index (κ3) is 1.90. The van der Waals surface area contributed by atoms with Crippen LogP contribution in [-0.4, -0.2) is 15.0 Å². The number of aryl methyl sites for hydroxylation is 2. The highest BCUT2D eigenvalue weighted by atomic mass is 14.8. The van der Waals surface area contributed by atoms with Crippen LogP contribution in [0.2, 0.25) is 0 Å². The summed E-state index contributed by atoms with van der Waals surface area (Å²) in [7, 11) is 0. The van der Waals surface area contributed by atoms with Crippen molar-refractivity contribution in [2.45, 2.75) is 20.4 Å². The van der Waals surface area contributed by atoms with E-state index >= 15 is 0 Å². The zero-order valence-electron chi connectivity index (χ0n) is 11.1. The summed E-state index contributed by atoms with van der Waals surface area (Å²) < 4.78 is 0. The smallest absolute Gasteiger partial charge is 0.0938 e. The van der Waals surface area contributed by atoms with Crippen molar-refractivity contribution in [3.05, 3.63) is 47.5 Å². The van der Waals surface area contributed by atoms with Gasteiger partial charge in [-0.15, -0.1) is 0 Å². The summed E-state index contributed by atoms with van der Waals surface area (Å²) in [5.74, 6) is 0.